The van der Waals surface area contributed by atoms with Crippen molar-refractivity contribution in [2.75, 3.05) is 29.9 Å². The molecule has 0 radical (unpaired) electrons. The number of amides is 2. The van der Waals surface area contributed by atoms with E-state index in [0.29, 0.717) is 16.9 Å². The van der Waals surface area contributed by atoms with Crippen LogP contribution < -0.4 is 9.80 Å². The Labute approximate surface area is 161 Å². The first-order valence-electron chi connectivity index (χ1n) is 8.61. The number of pyridine rings is 1. The predicted octanol–water partition coefficient (Wildman–Crippen LogP) is 2.57. The summed E-state index contributed by atoms with van der Waals surface area (Å²) in [6, 6.07) is 18.2. The lowest BCUT2D eigenvalue weighted by Crippen LogP contribution is -2.42. The van der Waals surface area contributed by atoms with Crippen LogP contribution in [0.5, 0.6) is 0 Å². The van der Waals surface area contributed by atoms with Crippen molar-refractivity contribution in [3.05, 3.63) is 66.9 Å². The summed E-state index contributed by atoms with van der Waals surface area (Å²) in [7, 11) is 1.64. The summed E-state index contributed by atoms with van der Waals surface area (Å²) >= 11 is 0. The fourth-order valence-electron chi connectivity index (χ4n) is 2.84. The molecule has 0 aliphatic rings. The van der Waals surface area contributed by atoms with Crippen LogP contribution in [0, 0.1) is 0 Å². The number of para-hydroxylation sites is 2. The molecule has 0 saturated heterocycles. The molecule has 0 unspecified atom stereocenters. The van der Waals surface area contributed by atoms with E-state index in [1.54, 1.807) is 43.6 Å². The second-order valence-corrected chi connectivity index (χ2v) is 6.03. The first-order valence-corrected chi connectivity index (χ1v) is 8.61. The minimum Gasteiger partial charge on any atom is -0.314 e. The largest absolute Gasteiger partial charge is 0.314 e. The lowest BCUT2D eigenvalue weighted by molar-refractivity contribution is -0.121. The number of likely N-dealkylation sites (N-methyl/N-ethyl adjacent to an activating group) is 1. The molecule has 0 spiro atoms. The molecule has 3 aromatic rings. The van der Waals surface area contributed by atoms with Gasteiger partial charge in [0, 0.05) is 24.3 Å². The van der Waals surface area contributed by atoms with Gasteiger partial charge in [0.15, 0.2) is 0 Å². The second kappa shape index (κ2) is 8.70. The number of carbonyl (C=O) groups excluding carboxylic acids is 3. The van der Waals surface area contributed by atoms with Crippen LogP contribution in [0.3, 0.4) is 0 Å². The molecule has 140 valence electrons. The zero-order valence-electron chi connectivity index (χ0n) is 15.3. The van der Waals surface area contributed by atoms with Gasteiger partial charge < -0.3 is 4.90 Å². The molecule has 3 rings (SSSR count). The van der Waals surface area contributed by atoms with Crippen molar-refractivity contribution in [2.45, 2.75) is 0 Å². The highest BCUT2D eigenvalue weighted by molar-refractivity contribution is 6.08. The molecule has 0 atom stereocenters. The van der Waals surface area contributed by atoms with Crippen molar-refractivity contribution in [1.29, 1.82) is 0 Å². The van der Waals surface area contributed by atoms with Crippen LogP contribution in [0.1, 0.15) is 0 Å². The molecule has 2 aromatic carbocycles. The zero-order chi connectivity index (χ0) is 19.9. The third-order valence-electron chi connectivity index (χ3n) is 4.29. The van der Waals surface area contributed by atoms with E-state index in [1.807, 2.05) is 30.3 Å². The van der Waals surface area contributed by atoms with E-state index in [0.717, 1.165) is 5.39 Å². The Hall–Kier alpha value is -3.83. The quantitative estimate of drug-likeness (QED) is 0.490. The Kier molecular flexibility index (Phi) is 5.89. The Morgan fingerprint density at radius 1 is 1.00 bits per heavy atom. The van der Waals surface area contributed by atoms with Crippen molar-refractivity contribution in [1.82, 2.24) is 4.98 Å². The van der Waals surface area contributed by atoms with E-state index in [-0.39, 0.29) is 12.5 Å². The molecular weight excluding hydrogens is 356 g/mol. The molecule has 1 aromatic heterocycles. The van der Waals surface area contributed by atoms with Gasteiger partial charge in [-0.1, -0.05) is 36.4 Å². The molecule has 1 heterocycles. The fourth-order valence-corrected chi connectivity index (χ4v) is 2.84. The summed E-state index contributed by atoms with van der Waals surface area (Å²) in [4.78, 5) is 46.5. The highest BCUT2D eigenvalue weighted by Gasteiger charge is 2.23. The monoisotopic (exact) mass is 374 g/mol. The van der Waals surface area contributed by atoms with E-state index < -0.39 is 12.5 Å². The van der Waals surface area contributed by atoms with E-state index in [2.05, 4.69) is 9.98 Å². The molecule has 0 saturated carbocycles. The standard InChI is InChI=1S/C21H18N4O3/c1-24(17-9-3-2-4-10-17)20(28)14-25(19(27)13-22-15-26)18-11-5-7-16-8-6-12-23-21(16)18/h2-12H,13-14H2,1H3. The number of benzene rings is 2. The number of hydrogen-bond donors (Lipinski definition) is 0. The van der Waals surface area contributed by atoms with Crippen LogP contribution in [-0.4, -0.2) is 43.0 Å². The number of aliphatic imine (C=N–C) groups is 1. The van der Waals surface area contributed by atoms with Crippen molar-refractivity contribution >= 4 is 40.2 Å². The van der Waals surface area contributed by atoms with Crippen LogP contribution in [0.15, 0.2) is 71.9 Å². The number of anilines is 2. The number of isocyanates is 1. The highest BCUT2D eigenvalue weighted by Crippen LogP contribution is 2.25. The molecule has 0 N–H and O–H groups in total. The maximum Gasteiger partial charge on any atom is 0.250 e. The van der Waals surface area contributed by atoms with Gasteiger partial charge in [0.1, 0.15) is 13.1 Å². The van der Waals surface area contributed by atoms with Crippen LogP contribution in [0.25, 0.3) is 10.9 Å². The van der Waals surface area contributed by atoms with Gasteiger partial charge in [-0.15, -0.1) is 0 Å². The smallest absolute Gasteiger partial charge is 0.250 e. The van der Waals surface area contributed by atoms with Crippen molar-refractivity contribution in [3.63, 3.8) is 0 Å². The van der Waals surface area contributed by atoms with Gasteiger partial charge in [-0.3, -0.25) is 19.5 Å². The van der Waals surface area contributed by atoms with Crippen molar-refractivity contribution < 1.29 is 14.4 Å². The van der Waals surface area contributed by atoms with Crippen LogP contribution in [0.4, 0.5) is 11.4 Å². The van der Waals surface area contributed by atoms with Gasteiger partial charge in [0.05, 0.1) is 11.2 Å². The Morgan fingerprint density at radius 2 is 1.75 bits per heavy atom. The molecule has 0 aliphatic carbocycles. The van der Waals surface area contributed by atoms with Gasteiger partial charge in [-0.2, -0.15) is 4.99 Å². The number of aromatic nitrogens is 1. The normalized spacial score (nSPS) is 10.2. The highest BCUT2D eigenvalue weighted by atomic mass is 16.2. The van der Waals surface area contributed by atoms with Gasteiger partial charge in [0.2, 0.25) is 17.9 Å². The number of nitrogens with zero attached hydrogens (tertiary/aromatic N) is 4. The van der Waals surface area contributed by atoms with Crippen LogP contribution in [0.2, 0.25) is 0 Å². The Bertz CT molecular complexity index is 1040. The van der Waals surface area contributed by atoms with Gasteiger partial charge >= 0.3 is 0 Å². The Morgan fingerprint density at radius 3 is 2.50 bits per heavy atom. The Balaban J connectivity index is 1.96. The molecule has 2 amide bonds. The minimum absolute atomic E-state index is 0.214. The molecule has 0 fully saturated rings. The first kappa shape index (κ1) is 18.9. The molecular formula is C21H18N4O3. The maximum atomic E-state index is 12.8. The molecule has 0 aliphatic heterocycles. The SMILES string of the molecule is CN(C(=O)CN(C(=O)CN=C=O)c1cccc2cccnc12)c1ccccc1. The predicted molar refractivity (Wildman–Crippen MR) is 107 cm³/mol. The third kappa shape index (κ3) is 4.11. The first-order chi connectivity index (χ1) is 13.6. The zero-order valence-corrected chi connectivity index (χ0v) is 15.3. The summed E-state index contributed by atoms with van der Waals surface area (Å²) < 4.78 is 0. The summed E-state index contributed by atoms with van der Waals surface area (Å²) in [6.45, 7) is -0.608. The second-order valence-electron chi connectivity index (χ2n) is 6.03. The van der Waals surface area contributed by atoms with Gasteiger partial charge in [-0.25, -0.2) is 4.79 Å². The summed E-state index contributed by atoms with van der Waals surface area (Å²) in [6.07, 6.45) is 2.98. The number of fused-ring (bicyclic) bond motifs is 1. The van der Waals surface area contributed by atoms with Gasteiger partial charge in [-0.05, 0) is 24.3 Å². The topological polar surface area (TPSA) is 82.9 Å². The molecule has 0 bridgehead atoms. The van der Waals surface area contributed by atoms with E-state index in [4.69, 9.17) is 0 Å². The van der Waals surface area contributed by atoms with E-state index in [1.165, 1.54) is 15.9 Å². The number of carbonyl (C=O) groups is 2. The summed E-state index contributed by atoms with van der Waals surface area (Å²) in [5.41, 5.74) is 1.78. The molecule has 7 heteroatoms. The number of hydrogen-bond acceptors (Lipinski definition) is 5. The molecule has 28 heavy (non-hydrogen) atoms. The van der Waals surface area contributed by atoms with Crippen molar-refractivity contribution in [2.24, 2.45) is 4.99 Å². The molecule has 7 nitrogen and oxygen atoms in total. The summed E-state index contributed by atoms with van der Waals surface area (Å²) in [5, 5.41) is 0.834. The average molecular weight is 374 g/mol. The van der Waals surface area contributed by atoms with E-state index >= 15 is 0 Å². The lowest BCUT2D eigenvalue weighted by atomic mass is 10.1. The third-order valence-corrected chi connectivity index (χ3v) is 4.29. The van der Waals surface area contributed by atoms with E-state index in [9.17, 15) is 14.4 Å². The van der Waals surface area contributed by atoms with Crippen molar-refractivity contribution in [3.8, 4) is 0 Å². The minimum atomic E-state index is -0.490. The summed E-state index contributed by atoms with van der Waals surface area (Å²) in [5.74, 6) is -0.779. The van der Waals surface area contributed by atoms with Crippen LogP contribution in [-0.2, 0) is 14.4 Å². The maximum absolute atomic E-state index is 12.8. The average Bonchev–Trinajstić information content (AvgIpc) is 2.75. The lowest BCUT2D eigenvalue weighted by Gasteiger charge is -2.25. The van der Waals surface area contributed by atoms with Gasteiger partial charge in [0.25, 0.3) is 0 Å². The van der Waals surface area contributed by atoms with Crippen LogP contribution >= 0.6 is 0 Å². The fraction of sp³-hybridized carbons (Fsp3) is 0.143. The number of rotatable bonds is 6.